The van der Waals surface area contributed by atoms with Crippen molar-refractivity contribution in [3.05, 3.63) is 83.6 Å². The molecule has 2 bridgehead atoms. The fourth-order valence-electron chi connectivity index (χ4n) is 10.3. The van der Waals surface area contributed by atoms with E-state index in [-0.39, 0.29) is 107 Å². The average Bonchev–Trinajstić information content (AvgIpc) is 3.90. The number of pyridine rings is 1. The fourth-order valence-corrected chi connectivity index (χ4v) is 10.3. The molecule has 0 aliphatic carbocycles. The number of terminal acetylenes is 1. The number of halogens is 8. The zero-order valence-electron chi connectivity index (χ0n) is 31.9. The summed E-state index contributed by atoms with van der Waals surface area (Å²) in [4.78, 5) is 17.0. The van der Waals surface area contributed by atoms with E-state index in [1.165, 1.54) is 42.6 Å². The summed E-state index contributed by atoms with van der Waals surface area (Å²) in [5, 5.41) is 14.4. The lowest BCUT2D eigenvalue weighted by atomic mass is 9.88. The van der Waals surface area contributed by atoms with Crippen molar-refractivity contribution in [1.82, 2.24) is 25.2 Å². The van der Waals surface area contributed by atoms with Crippen molar-refractivity contribution in [1.29, 1.82) is 0 Å². The maximum Gasteiger partial charge on any atom is 0.586 e. The number of hydrogen-bond donors (Lipinski definition) is 2. The van der Waals surface area contributed by atoms with Crippen molar-refractivity contribution in [2.45, 2.75) is 61.3 Å². The van der Waals surface area contributed by atoms with E-state index >= 15 is 13.2 Å². The molecule has 3 unspecified atom stereocenters. The number of nitrogens with one attached hydrogen (secondary N) is 1. The Hall–Kier alpha value is -5.93. The van der Waals surface area contributed by atoms with Crippen molar-refractivity contribution < 1.29 is 54.4 Å². The van der Waals surface area contributed by atoms with Crippen LogP contribution in [-0.4, -0.2) is 87.5 Å². The standard InChI is InChI=1S/C43H34F8N6O4/c1-2-27-30(46)5-3-21-9-26(58)11-28(34(21)27)36-35(49)37-29(16-52-36)39(56-18-25-7-8-41(19-56,55-25)14-33(47)48)54-40(53-37)59-20-42-12-23(15-44)38(57(42)17-24(45)13-42)22-4-6-31-32(10-22)61-43(50,51)60-31/h1,3-6,9-11,14,16,23-25,38,55,58H,7-8,12-13,15,17-20H2/t23-,24+,25?,38+,41?,42?/m1/s1. The van der Waals surface area contributed by atoms with Gasteiger partial charge >= 0.3 is 12.3 Å². The molecule has 5 aliphatic rings. The van der Waals surface area contributed by atoms with Crippen LogP contribution in [-0.2, 0) is 0 Å². The largest absolute Gasteiger partial charge is 0.586 e. The number of fused-ring (bicyclic) bond motifs is 6. The summed E-state index contributed by atoms with van der Waals surface area (Å²) in [6.07, 6.45) is 1.65. The summed E-state index contributed by atoms with van der Waals surface area (Å²) in [5.41, 5.74) is -2.79. The lowest BCUT2D eigenvalue weighted by Gasteiger charge is -2.40. The summed E-state index contributed by atoms with van der Waals surface area (Å²) in [5.74, 6) is -0.835. The van der Waals surface area contributed by atoms with Crippen molar-refractivity contribution >= 4 is 27.5 Å². The number of alkyl halides is 4. The number of hydrogen-bond acceptors (Lipinski definition) is 10. The van der Waals surface area contributed by atoms with E-state index < -0.39 is 59.9 Å². The first kappa shape index (κ1) is 39.2. The molecule has 2 aromatic heterocycles. The van der Waals surface area contributed by atoms with E-state index in [0.717, 1.165) is 12.1 Å². The highest BCUT2D eigenvalue weighted by atomic mass is 19.3. The van der Waals surface area contributed by atoms with Gasteiger partial charge in [0.2, 0.25) is 0 Å². The van der Waals surface area contributed by atoms with Gasteiger partial charge in [-0.1, -0.05) is 18.1 Å². The summed E-state index contributed by atoms with van der Waals surface area (Å²) >= 11 is 0. The maximum atomic E-state index is 17.2. The number of aromatic hydroxyl groups is 1. The first-order chi connectivity index (χ1) is 29.2. The molecular formula is C43H34F8N6O4. The Balaban J connectivity index is 1.07. The number of aromatic nitrogens is 3. The average molecular weight is 851 g/mol. The van der Waals surface area contributed by atoms with Crippen LogP contribution < -0.4 is 24.4 Å². The topological polar surface area (TPSA) is 105 Å². The first-order valence-electron chi connectivity index (χ1n) is 19.5. The van der Waals surface area contributed by atoms with E-state index in [1.54, 1.807) is 9.80 Å². The Kier molecular flexibility index (Phi) is 9.04. The SMILES string of the molecule is C#Cc1c(F)ccc2cc(O)cc(-c3ncc4c(N5CC6CCC(C=C(F)F)(C5)N6)nc(OCC56C[C@H](F)CN5[C@@H](c5ccc7c(c5)OC(F)(F)O7)[C@@H](CF)C6)nc4c3F)c12. The van der Waals surface area contributed by atoms with Gasteiger partial charge in [0.05, 0.1) is 28.7 Å². The third kappa shape index (κ3) is 6.51. The Bertz CT molecular complexity index is 2710. The van der Waals surface area contributed by atoms with Crippen LogP contribution in [0.25, 0.3) is 32.9 Å². The van der Waals surface area contributed by atoms with Crippen LogP contribution >= 0.6 is 0 Å². The summed E-state index contributed by atoms with van der Waals surface area (Å²) in [6, 6.07) is 7.76. The minimum Gasteiger partial charge on any atom is -0.508 e. The van der Waals surface area contributed by atoms with Gasteiger partial charge in [0, 0.05) is 67.3 Å². The molecule has 0 amide bonds. The van der Waals surface area contributed by atoms with Crippen LogP contribution in [0.1, 0.15) is 42.9 Å². The molecule has 18 heteroatoms. The van der Waals surface area contributed by atoms with Crippen LogP contribution in [0, 0.1) is 29.9 Å². The van der Waals surface area contributed by atoms with Gasteiger partial charge < -0.3 is 29.5 Å². The van der Waals surface area contributed by atoms with Crippen molar-refractivity contribution in [3.63, 3.8) is 0 Å². The van der Waals surface area contributed by atoms with Gasteiger partial charge in [-0.3, -0.25) is 14.3 Å². The third-order valence-electron chi connectivity index (χ3n) is 12.6. The molecule has 61 heavy (non-hydrogen) atoms. The Morgan fingerprint density at radius 2 is 1.89 bits per heavy atom. The lowest BCUT2D eigenvalue weighted by molar-refractivity contribution is -0.286. The summed E-state index contributed by atoms with van der Waals surface area (Å²) < 4.78 is 134. The van der Waals surface area contributed by atoms with Crippen LogP contribution in [0.4, 0.5) is 40.9 Å². The number of nitrogens with zero attached hydrogens (tertiary/aromatic N) is 5. The lowest BCUT2D eigenvalue weighted by Crippen LogP contribution is -2.59. The quantitative estimate of drug-likeness (QED) is 0.118. The summed E-state index contributed by atoms with van der Waals surface area (Å²) in [7, 11) is 0. The molecule has 2 N–H and O–H groups in total. The number of rotatable bonds is 8. The van der Waals surface area contributed by atoms with Crippen LogP contribution in [0.2, 0.25) is 0 Å². The van der Waals surface area contributed by atoms with E-state index in [0.29, 0.717) is 23.8 Å². The second-order valence-electron chi connectivity index (χ2n) is 16.4. The molecule has 10 rings (SSSR count). The molecule has 10 nitrogen and oxygen atoms in total. The predicted octanol–water partition coefficient (Wildman–Crippen LogP) is 8.11. The Labute approximate surface area is 342 Å². The molecule has 0 radical (unpaired) electrons. The van der Waals surface area contributed by atoms with Crippen LogP contribution in [0.5, 0.6) is 23.3 Å². The number of piperazine rings is 1. The van der Waals surface area contributed by atoms with Crippen molar-refractivity contribution in [3.8, 4) is 46.9 Å². The highest BCUT2D eigenvalue weighted by Crippen LogP contribution is 2.54. The molecule has 4 saturated heterocycles. The maximum absolute atomic E-state index is 17.2. The molecule has 5 aromatic rings. The first-order valence-corrected chi connectivity index (χ1v) is 19.5. The summed E-state index contributed by atoms with van der Waals surface area (Å²) in [6.45, 7) is -0.997. The molecule has 316 valence electrons. The van der Waals surface area contributed by atoms with Gasteiger partial charge in [-0.05, 0) is 60.5 Å². The molecule has 5 aliphatic heterocycles. The number of benzene rings is 3. The van der Waals surface area contributed by atoms with Gasteiger partial charge in [0.15, 0.2) is 17.3 Å². The molecule has 0 saturated carbocycles. The highest BCUT2D eigenvalue weighted by molar-refractivity contribution is 6.03. The molecule has 3 aromatic carbocycles. The molecule has 0 spiro atoms. The number of ether oxygens (including phenoxy) is 3. The minimum atomic E-state index is -3.88. The minimum absolute atomic E-state index is 0.000334. The fraction of sp³-hybridized carbons (Fsp3) is 0.372. The number of phenols is 1. The highest BCUT2D eigenvalue weighted by Gasteiger charge is 2.58. The van der Waals surface area contributed by atoms with Crippen LogP contribution in [0.15, 0.2) is 60.8 Å². The van der Waals surface area contributed by atoms with E-state index in [1.807, 2.05) is 0 Å². The van der Waals surface area contributed by atoms with Gasteiger partial charge in [-0.25, -0.2) is 13.2 Å². The van der Waals surface area contributed by atoms with Crippen molar-refractivity contribution in [2.75, 3.05) is 37.8 Å². The third-order valence-corrected chi connectivity index (χ3v) is 12.6. The van der Waals surface area contributed by atoms with E-state index in [4.69, 9.17) is 11.2 Å². The molecule has 7 heterocycles. The second kappa shape index (κ2) is 14.1. The van der Waals surface area contributed by atoms with Gasteiger partial charge in [0.25, 0.3) is 6.08 Å². The normalized spacial score (nSPS) is 27.4. The van der Waals surface area contributed by atoms with E-state index in [9.17, 15) is 27.1 Å². The zero-order chi connectivity index (χ0) is 42.6. The predicted molar refractivity (Wildman–Crippen MR) is 205 cm³/mol. The zero-order valence-corrected chi connectivity index (χ0v) is 31.9. The van der Waals surface area contributed by atoms with Gasteiger partial charge in [0.1, 0.15) is 41.4 Å². The Morgan fingerprint density at radius 3 is 2.67 bits per heavy atom. The Morgan fingerprint density at radius 1 is 1.07 bits per heavy atom. The second-order valence-corrected chi connectivity index (χ2v) is 16.4. The molecular weight excluding hydrogens is 816 g/mol. The van der Waals surface area contributed by atoms with Gasteiger partial charge in [-0.2, -0.15) is 18.7 Å². The smallest absolute Gasteiger partial charge is 0.508 e. The number of phenolic OH excluding ortho intramolecular Hbond substituents is 1. The van der Waals surface area contributed by atoms with Crippen LogP contribution in [0.3, 0.4) is 0 Å². The van der Waals surface area contributed by atoms with Crippen molar-refractivity contribution in [2.24, 2.45) is 5.92 Å². The monoisotopic (exact) mass is 850 g/mol. The van der Waals surface area contributed by atoms with Gasteiger partial charge in [-0.15, -0.1) is 15.2 Å². The molecule has 4 fully saturated rings. The number of anilines is 1. The molecule has 6 atom stereocenters. The van der Waals surface area contributed by atoms with E-state index in [2.05, 4.69) is 35.7 Å².